The molecule has 2 aromatic carbocycles. The molecule has 1 atom stereocenters. The number of nitrogens with zero attached hydrogens (tertiary/aromatic N) is 1. The van der Waals surface area contributed by atoms with Crippen LogP contribution in [0.15, 0.2) is 47.7 Å². The third-order valence-electron chi connectivity index (χ3n) is 4.79. The topological polar surface area (TPSA) is 67.9 Å². The van der Waals surface area contributed by atoms with Gasteiger partial charge in [0.1, 0.15) is 12.4 Å². The molecule has 0 saturated carbocycles. The van der Waals surface area contributed by atoms with Crippen LogP contribution in [0.1, 0.15) is 25.5 Å². The van der Waals surface area contributed by atoms with Crippen LogP contribution in [0, 0.1) is 11.6 Å². The van der Waals surface area contributed by atoms with Crippen LogP contribution in [-0.2, 0) is 9.53 Å². The molecule has 10 heteroatoms. The fraction of sp³-hybridized carbons (Fsp3) is 0.273. The maximum Gasteiger partial charge on any atom is 0.338 e. The van der Waals surface area contributed by atoms with E-state index in [0.29, 0.717) is 16.7 Å². The highest BCUT2D eigenvalue weighted by Gasteiger charge is 2.38. The van der Waals surface area contributed by atoms with E-state index in [4.69, 9.17) is 32.7 Å². The van der Waals surface area contributed by atoms with Gasteiger partial charge in [-0.05, 0) is 43.7 Å². The Morgan fingerprint density at radius 1 is 1.12 bits per heavy atom. The molecule has 1 aliphatic rings. The number of benzene rings is 2. The van der Waals surface area contributed by atoms with Crippen LogP contribution in [-0.4, -0.2) is 36.7 Å². The summed E-state index contributed by atoms with van der Waals surface area (Å²) in [6.45, 7) is 3.32. The quantitative estimate of drug-likeness (QED) is 0.544. The first-order valence-electron chi connectivity index (χ1n) is 9.77. The SMILES string of the molecule is CCOC(=O)C1=C(COc2ccc(F)cc2F)N(CC)C(=O)N[C@@H]1c1ccc(Cl)c(Cl)c1. The van der Waals surface area contributed by atoms with Crippen LogP contribution in [0.4, 0.5) is 13.6 Å². The van der Waals surface area contributed by atoms with E-state index >= 15 is 0 Å². The monoisotopic (exact) mass is 484 g/mol. The molecule has 0 unspecified atom stereocenters. The van der Waals surface area contributed by atoms with Crippen LogP contribution in [0.25, 0.3) is 0 Å². The molecule has 2 amide bonds. The number of esters is 1. The van der Waals surface area contributed by atoms with E-state index in [9.17, 15) is 18.4 Å². The van der Waals surface area contributed by atoms with Crippen molar-refractivity contribution in [1.29, 1.82) is 0 Å². The Hall–Kier alpha value is -2.84. The van der Waals surface area contributed by atoms with Crippen molar-refractivity contribution in [2.24, 2.45) is 0 Å². The molecule has 0 fully saturated rings. The summed E-state index contributed by atoms with van der Waals surface area (Å²) >= 11 is 12.1. The van der Waals surface area contributed by atoms with Gasteiger partial charge in [0.15, 0.2) is 11.6 Å². The molecule has 0 bridgehead atoms. The van der Waals surface area contributed by atoms with Gasteiger partial charge in [-0.2, -0.15) is 0 Å². The molecule has 1 aliphatic heterocycles. The predicted octanol–water partition coefficient (Wildman–Crippen LogP) is 5.25. The molecule has 170 valence electrons. The summed E-state index contributed by atoms with van der Waals surface area (Å²) < 4.78 is 38.0. The van der Waals surface area contributed by atoms with Gasteiger partial charge in [-0.3, -0.25) is 4.90 Å². The Labute approximate surface area is 193 Å². The van der Waals surface area contributed by atoms with Crippen molar-refractivity contribution in [3.63, 3.8) is 0 Å². The van der Waals surface area contributed by atoms with E-state index in [1.54, 1.807) is 26.0 Å². The minimum absolute atomic E-state index is 0.0945. The van der Waals surface area contributed by atoms with Crippen molar-refractivity contribution < 1.29 is 27.8 Å². The second kappa shape index (κ2) is 10.2. The molecule has 3 rings (SSSR count). The molecule has 0 radical (unpaired) electrons. The normalized spacial score (nSPS) is 16.1. The van der Waals surface area contributed by atoms with Crippen LogP contribution in [0.2, 0.25) is 10.0 Å². The molecule has 2 aromatic rings. The fourth-order valence-corrected chi connectivity index (χ4v) is 3.63. The van der Waals surface area contributed by atoms with E-state index in [2.05, 4.69) is 5.32 Å². The third-order valence-corrected chi connectivity index (χ3v) is 5.52. The van der Waals surface area contributed by atoms with E-state index in [-0.39, 0.29) is 41.8 Å². The van der Waals surface area contributed by atoms with E-state index in [1.165, 1.54) is 11.0 Å². The summed E-state index contributed by atoms with van der Waals surface area (Å²) in [6, 6.07) is 6.16. The Balaban J connectivity index is 2.09. The van der Waals surface area contributed by atoms with Crippen molar-refractivity contribution in [1.82, 2.24) is 10.2 Å². The highest BCUT2D eigenvalue weighted by atomic mass is 35.5. The standard InChI is InChI=1S/C22H20Cl2F2N2O4/c1-3-28-17(11-32-18-8-6-13(25)10-16(18)26)19(21(29)31-4-2)20(27-22(28)30)12-5-7-14(23)15(24)9-12/h5-10,20H,3-4,11H2,1-2H3,(H,27,30)/t20-/m1/s1. The number of carbonyl (C=O) groups is 2. The summed E-state index contributed by atoms with van der Waals surface area (Å²) in [5, 5.41) is 3.32. The van der Waals surface area contributed by atoms with Gasteiger partial charge >= 0.3 is 12.0 Å². The average molecular weight is 485 g/mol. The first-order chi connectivity index (χ1) is 15.3. The van der Waals surface area contributed by atoms with Gasteiger partial charge in [0, 0.05) is 12.6 Å². The number of amides is 2. The zero-order valence-corrected chi connectivity index (χ0v) is 18.8. The number of halogens is 4. The highest BCUT2D eigenvalue weighted by molar-refractivity contribution is 6.42. The molecule has 1 heterocycles. The number of rotatable bonds is 7. The number of ether oxygens (including phenoxy) is 2. The zero-order valence-electron chi connectivity index (χ0n) is 17.3. The van der Waals surface area contributed by atoms with Gasteiger partial charge in [-0.1, -0.05) is 29.3 Å². The lowest BCUT2D eigenvalue weighted by Gasteiger charge is -2.36. The molecular formula is C22H20Cl2F2N2O4. The lowest BCUT2D eigenvalue weighted by atomic mass is 9.94. The van der Waals surface area contributed by atoms with Crippen molar-refractivity contribution in [2.75, 3.05) is 19.8 Å². The molecule has 0 aromatic heterocycles. The maximum absolute atomic E-state index is 14.1. The van der Waals surface area contributed by atoms with Crippen LogP contribution in [0.3, 0.4) is 0 Å². The number of urea groups is 1. The second-order valence-corrected chi connectivity index (χ2v) is 7.56. The lowest BCUT2D eigenvalue weighted by molar-refractivity contribution is -0.139. The Kier molecular flexibility index (Phi) is 7.58. The summed E-state index contributed by atoms with van der Waals surface area (Å²) in [5.41, 5.74) is 0.792. The van der Waals surface area contributed by atoms with Crippen molar-refractivity contribution >= 4 is 35.2 Å². The molecule has 0 spiro atoms. The summed E-state index contributed by atoms with van der Waals surface area (Å²) in [6.07, 6.45) is 0. The minimum Gasteiger partial charge on any atom is -0.484 e. The van der Waals surface area contributed by atoms with Crippen molar-refractivity contribution in [3.05, 3.63) is 74.9 Å². The highest BCUT2D eigenvalue weighted by Crippen LogP contribution is 2.34. The van der Waals surface area contributed by atoms with E-state index in [1.807, 2.05) is 0 Å². The molecule has 0 aliphatic carbocycles. The third kappa shape index (κ3) is 4.97. The second-order valence-electron chi connectivity index (χ2n) is 6.74. The first kappa shape index (κ1) is 23.8. The Morgan fingerprint density at radius 3 is 2.50 bits per heavy atom. The van der Waals surface area contributed by atoms with Gasteiger partial charge in [0.2, 0.25) is 0 Å². The number of nitrogens with one attached hydrogen (secondary N) is 1. The van der Waals surface area contributed by atoms with Gasteiger partial charge in [-0.25, -0.2) is 18.4 Å². The van der Waals surface area contributed by atoms with Gasteiger partial charge in [-0.15, -0.1) is 0 Å². The summed E-state index contributed by atoms with van der Waals surface area (Å²) in [4.78, 5) is 27.0. The van der Waals surface area contributed by atoms with Crippen LogP contribution >= 0.6 is 23.2 Å². The zero-order chi connectivity index (χ0) is 23.4. The van der Waals surface area contributed by atoms with Crippen molar-refractivity contribution in [3.8, 4) is 5.75 Å². The molecule has 1 N–H and O–H groups in total. The van der Waals surface area contributed by atoms with Gasteiger partial charge in [0.05, 0.1) is 34.0 Å². The number of hydrogen-bond donors (Lipinski definition) is 1. The van der Waals surface area contributed by atoms with Crippen molar-refractivity contribution in [2.45, 2.75) is 19.9 Å². The van der Waals surface area contributed by atoms with Crippen LogP contribution in [0.5, 0.6) is 5.75 Å². The molecule has 32 heavy (non-hydrogen) atoms. The van der Waals surface area contributed by atoms with Crippen LogP contribution < -0.4 is 10.1 Å². The summed E-state index contributed by atoms with van der Waals surface area (Å²) in [7, 11) is 0. The fourth-order valence-electron chi connectivity index (χ4n) is 3.32. The average Bonchev–Trinajstić information content (AvgIpc) is 2.74. The molecule has 0 saturated heterocycles. The Morgan fingerprint density at radius 2 is 1.88 bits per heavy atom. The number of carbonyl (C=O) groups excluding carboxylic acids is 2. The van der Waals surface area contributed by atoms with E-state index in [0.717, 1.165) is 12.1 Å². The predicted molar refractivity (Wildman–Crippen MR) is 116 cm³/mol. The number of likely N-dealkylation sites (N-methyl/N-ethyl adjacent to an activating group) is 1. The largest absolute Gasteiger partial charge is 0.484 e. The molecular weight excluding hydrogens is 465 g/mol. The first-order valence-corrected chi connectivity index (χ1v) is 10.5. The maximum atomic E-state index is 14.1. The smallest absolute Gasteiger partial charge is 0.338 e. The minimum atomic E-state index is -0.910. The lowest BCUT2D eigenvalue weighted by Crippen LogP contribution is -2.49. The molecule has 6 nitrogen and oxygen atoms in total. The number of hydrogen-bond acceptors (Lipinski definition) is 4. The van der Waals surface area contributed by atoms with Gasteiger partial charge in [0.25, 0.3) is 0 Å². The van der Waals surface area contributed by atoms with Gasteiger partial charge < -0.3 is 14.8 Å². The van der Waals surface area contributed by atoms with E-state index < -0.39 is 29.7 Å². The summed E-state index contributed by atoms with van der Waals surface area (Å²) in [5.74, 6) is -2.57. The Bertz CT molecular complexity index is 1080.